The fraction of sp³-hybridized carbons (Fsp3) is 0.417. The molecule has 92 valence electrons. The maximum atomic E-state index is 13.8. The van der Waals surface area contributed by atoms with Gasteiger partial charge in [0, 0.05) is 18.7 Å². The van der Waals surface area contributed by atoms with E-state index in [9.17, 15) is 13.6 Å². The Morgan fingerprint density at radius 2 is 1.94 bits per heavy atom. The number of hydrogen-bond acceptors (Lipinski definition) is 2. The van der Waals surface area contributed by atoms with Crippen LogP contribution in [-0.4, -0.2) is 19.0 Å². The molecule has 17 heavy (non-hydrogen) atoms. The van der Waals surface area contributed by atoms with E-state index in [1.54, 1.807) is 6.92 Å². The van der Waals surface area contributed by atoms with E-state index in [0.29, 0.717) is 13.1 Å². The van der Waals surface area contributed by atoms with E-state index in [1.165, 1.54) is 6.92 Å². The van der Waals surface area contributed by atoms with Crippen LogP contribution in [0, 0.1) is 18.6 Å². The SMILES string of the molecule is Cc1cc(F)c(C2(C)NCCNC2=O)cc1F. The molecule has 1 aliphatic heterocycles. The molecule has 1 unspecified atom stereocenters. The molecule has 1 atom stereocenters. The largest absolute Gasteiger partial charge is 0.353 e. The third-order valence-corrected chi connectivity index (χ3v) is 3.13. The minimum absolute atomic E-state index is 0.0396. The number of carbonyl (C=O) groups is 1. The van der Waals surface area contributed by atoms with Gasteiger partial charge in [-0.05, 0) is 31.5 Å². The molecule has 1 aromatic carbocycles. The summed E-state index contributed by atoms with van der Waals surface area (Å²) in [6.07, 6.45) is 0. The van der Waals surface area contributed by atoms with E-state index in [-0.39, 0.29) is 17.0 Å². The first-order chi connectivity index (χ1) is 7.95. The number of hydrogen-bond donors (Lipinski definition) is 2. The molecule has 0 aromatic heterocycles. The molecule has 1 heterocycles. The second-order valence-corrected chi connectivity index (χ2v) is 4.39. The van der Waals surface area contributed by atoms with Crippen molar-refractivity contribution in [3.05, 3.63) is 34.9 Å². The number of nitrogens with one attached hydrogen (secondary N) is 2. The van der Waals surface area contributed by atoms with Gasteiger partial charge in [-0.25, -0.2) is 8.78 Å². The molecule has 1 saturated heterocycles. The molecular weight excluding hydrogens is 226 g/mol. The molecule has 0 aliphatic carbocycles. The summed E-state index contributed by atoms with van der Waals surface area (Å²) in [6, 6.07) is 2.20. The second kappa shape index (κ2) is 4.07. The fourth-order valence-electron chi connectivity index (χ4n) is 1.99. The van der Waals surface area contributed by atoms with Gasteiger partial charge < -0.3 is 5.32 Å². The average Bonchev–Trinajstić information content (AvgIpc) is 2.27. The zero-order chi connectivity index (χ0) is 12.6. The minimum atomic E-state index is -1.21. The van der Waals surface area contributed by atoms with Crippen molar-refractivity contribution < 1.29 is 13.6 Å². The molecule has 2 rings (SSSR count). The van der Waals surface area contributed by atoms with Gasteiger partial charge in [-0.15, -0.1) is 0 Å². The lowest BCUT2D eigenvalue weighted by Gasteiger charge is -2.34. The zero-order valence-corrected chi connectivity index (χ0v) is 9.73. The lowest BCUT2D eigenvalue weighted by atomic mass is 9.88. The highest BCUT2D eigenvalue weighted by atomic mass is 19.1. The number of piperazine rings is 1. The highest BCUT2D eigenvalue weighted by Crippen LogP contribution is 2.27. The Balaban J connectivity index is 2.52. The van der Waals surface area contributed by atoms with Crippen molar-refractivity contribution >= 4 is 5.91 Å². The minimum Gasteiger partial charge on any atom is -0.353 e. The normalized spacial score (nSPS) is 24.6. The topological polar surface area (TPSA) is 41.1 Å². The third kappa shape index (κ3) is 1.91. The van der Waals surface area contributed by atoms with Gasteiger partial charge in [0.15, 0.2) is 0 Å². The van der Waals surface area contributed by atoms with Crippen molar-refractivity contribution in [3.8, 4) is 0 Å². The summed E-state index contributed by atoms with van der Waals surface area (Å²) in [5, 5.41) is 5.57. The molecule has 1 aliphatic rings. The summed E-state index contributed by atoms with van der Waals surface area (Å²) in [4.78, 5) is 11.8. The molecule has 0 saturated carbocycles. The molecule has 0 radical (unpaired) electrons. The predicted octanol–water partition coefficient (Wildman–Crippen LogP) is 1.21. The van der Waals surface area contributed by atoms with Gasteiger partial charge in [0.25, 0.3) is 0 Å². The maximum absolute atomic E-state index is 13.8. The van der Waals surface area contributed by atoms with Gasteiger partial charge in [-0.1, -0.05) is 0 Å². The van der Waals surface area contributed by atoms with E-state index in [0.717, 1.165) is 12.1 Å². The van der Waals surface area contributed by atoms with Crippen molar-refractivity contribution in [3.63, 3.8) is 0 Å². The second-order valence-electron chi connectivity index (χ2n) is 4.39. The third-order valence-electron chi connectivity index (χ3n) is 3.13. The van der Waals surface area contributed by atoms with Crippen LogP contribution in [0.4, 0.5) is 8.78 Å². The average molecular weight is 240 g/mol. The van der Waals surface area contributed by atoms with Crippen LogP contribution < -0.4 is 10.6 Å². The van der Waals surface area contributed by atoms with Crippen LogP contribution in [0.2, 0.25) is 0 Å². The number of carbonyl (C=O) groups excluding carboxylic acids is 1. The summed E-state index contributed by atoms with van der Waals surface area (Å²) >= 11 is 0. The lowest BCUT2D eigenvalue weighted by Crippen LogP contribution is -2.59. The Labute approximate surface area is 98.2 Å². The molecule has 0 bridgehead atoms. The van der Waals surface area contributed by atoms with Gasteiger partial charge in [0.2, 0.25) is 5.91 Å². The number of benzene rings is 1. The molecular formula is C12H14F2N2O. The zero-order valence-electron chi connectivity index (χ0n) is 9.73. The van der Waals surface area contributed by atoms with Gasteiger partial charge in [-0.3, -0.25) is 10.1 Å². The van der Waals surface area contributed by atoms with Crippen molar-refractivity contribution in [2.45, 2.75) is 19.4 Å². The van der Waals surface area contributed by atoms with Gasteiger partial charge in [-0.2, -0.15) is 0 Å². The monoisotopic (exact) mass is 240 g/mol. The summed E-state index contributed by atoms with van der Waals surface area (Å²) < 4.78 is 27.3. The van der Waals surface area contributed by atoms with E-state index >= 15 is 0 Å². The van der Waals surface area contributed by atoms with Crippen LogP contribution in [0.25, 0.3) is 0 Å². The Morgan fingerprint density at radius 1 is 1.24 bits per heavy atom. The molecule has 0 spiro atoms. The first kappa shape index (κ1) is 12.0. The van der Waals surface area contributed by atoms with E-state index in [1.807, 2.05) is 0 Å². The Bertz CT molecular complexity index is 476. The van der Waals surface area contributed by atoms with Gasteiger partial charge in [0.05, 0.1) is 0 Å². The summed E-state index contributed by atoms with van der Waals surface area (Å²) in [6.45, 7) is 4.05. The van der Waals surface area contributed by atoms with E-state index in [4.69, 9.17) is 0 Å². The first-order valence-corrected chi connectivity index (χ1v) is 5.44. The van der Waals surface area contributed by atoms with Crippen LogP contribution >= 0.6 is 0 Å². The molecule has 1 aromatic rings. The van der Waals surface area contributed by atoms with E-state index in [2.05, 4.69) is 10.6 Å². The standard InChI is InChI=1S/C12H14F2N2O/c1-7-5-10(14)8(6-9(7)13)12(2)11(17)15-3-4-16-12/h5-6,16H,3-4H2,1-2H3,(H,15,17). The van der Waals surface area contributed by atoms with E-state index < -0.39 is 17.2 Å². The molecule has 1 amide bonds. The Morgan fingerprint density at radius 3 is 2.59 bits per heavy atom. The molecule has 3 nitrogen and oxygen atoms in total. The summed E-state index contributed by atoms with van der Waals surface area (Å²) in [5.41, 5.74) is -0.944. The Hall–Kier alpha value is -1.49. The van der Waals surface area contributed by atoms with Crippen LogP contribution in [0.5, 0.6) is 0 Å². The van der Waals surface area contributed by atoms with Gasteiger partial charge >= 0.3 is 0 Å². The van der Waals surface area contributed by atoms with Crippen molar-refractivity contribution in [1.29, 1.82) is 0 Å². The highest BCUT2D eigenvalue weighted by molar-refractivity contribution is 5.88. The number of amides is 1. The quantitative estimate of drug-likeness (QED) is 0.774. The summed E-state index contributed by atoms with van der Waals surface area (Å²) in [7, 11) is 0. The van der Waals surface area contributed by atoms with Crippen LogP contribution in [0.1, 0.15) is 18.1 Å². The maximum Gasteiger partial charge on any atom is 0.244 e. The van der Waals surface area contributed by atoms with Crippen LogP contribution in [-0.2, 0) is 10.3 Å². The number of halogens is 2. The highest BCUT2D eigenvalue weighted by Gasteiger charge is 2.39. The lowest BCUT2D eigenvalue weighted by molar-refractivity contribution is -0.129. The number of rotatable bonds is 1. The molecule has 2 N–H and O–H groups in total. The smallest absolute Gasteiger partial charge is 0.244 e. The van der Waals surface area contributed by atoms with Crippen molar-refractivity contribution in [1.82, 2.24) is 10.6 Å². The van der Waals surface area contributed by atoms with Crippen LogP contribution in [0.3, 0.4) is 0 Å². The van der Waals surface area contributed by atoms with Crippen molar-refractivity contribution in [2.24, 2.45) is 0 Å². The van der Waals surface area contributed by atoms with Crippen LogP contribution in [0.15, 0.2) is 12.1 Å². The first-order valence-electron chi connectivity index (χ1n) is 5.44. The van der Waals surface area contributed by atoms with Crippen molar-refractivity contribution in [2.75, 3.05) is 13.1 Å². The summed E-state index contributed by atoms with van der Waals surface area (Å²) in [5.74, 6) is -1.43. The Kier molecular flexibility index (Phi) is 2.87. The number of aryl methyl sites for hydroxylation is 1. The fourth-order valence-corrected chi connectivity index (χ4v) is 1.99. The molecule has 5 heteroatoms. The predicted molar refractivity (Wildman–Crippen MR) is 59.5 cm³/mol. The van der Waals surface area contributed by atoms with Gasteiger partial charge in [0.1, 0.15) is 17.2 Å². The molecule has 1 fully saturated rings.